The molecule has 1 aromatic rings. The highest BCUT2D eigenvalue weighted by Crippen LogP contribution is 2.25. The van der Waals surface area contributed by atoms with Crippen LogP contribution in [0.15, 0.2) is 18.2 Å². The number of halogens is 1. The third-order valence-electron chi connectivity index (χ3n) is 3.77. The molecule has 0 aliphatic carbocycles. The maximum Gasteiger partial charge on any atom is 0.242 e. The number of carbonyl (C=O) groups is 1. The van der Waals surface area contributed by atoms with E-state index in [9.17, 15) is 13.2 Å². The van der Waals surface area contributed by atoms with E-state index in [-0.39, 0.29) is 11.7 Å². The van der Waals surface area contributed by atoms with Crippen LogP contribution in [-0.4, -0.2) is 37.0 Å². The van der Waals surface area contributed by atoms with Crippen LogP contribution in [-0.2, 0) is 14.8 Å². The van der Waals surface area contributed by atoms with Gasteiger partial charge in [0.15, 0.2) is 0 Å². The number of anilines is 1. The number of carbonyl (C=O) groups excluding carboxylic acids is 1. The fraction of sp³-hybridized carbons (Fsp3) is 0.533. The molecule has 2 rings (SSSR count). The molecule has 0 spiro atoms. The summed E-state index contributed by atoms with van der Waals surface area (Å²) in [7, 11) is -3.36. The molecule has 0 saturated carbocycles. The standard InChI is InChI=1S/C15H21ClN2O3S/c1-3-9-22(20,21)18-8-4-5-14(18)15(19)17-13-7-6-12(16)10-11(13)2/h6-7,10,14H,3-5,8-9H2,1-2H3,(H,17,19). The zero-order chi connectivity index (χ0) is 16.3. The van der Waals surface area contributed by atoms with Gasteiger partial charge in [-0.15, -0.1) is 0 Å². The average molecular weight is 345 g/mol. The summed E-state index contributed by atoms with van der Waals surface area (Å²) < 4.78 is 25.8. The van der Waals surface area contributed by atoms with Crippen molar-refractivity contribution < 1.29 is 13.2 Å². The lowest BCUT2D eigenvalue weighted by Crippen LogP contribution is -2.44. The number of amides is 1. The lowest BCUT2D eigenvalue weighted by Gasteiger charge is -2.23. The van der Waals surface area contributed by atoms with Gasteiger partial charge in [-0.2, -0.15) is 4.31 Å². The molecule has 22 heavy (non-hydrogen) atoms. The van der Waals surface area contributed by atoms with Gasteiger partial charge < -0.3 is 5.32 Å². The van der Waals surface area contributed by atoms with Gasteiger partial charge in [-0.1, -0.05) is 18.5 Å². The summed E-state index contributed by atoms with van der Waals surface area (Å²) in [5.74, 6) is -0.195. The van der Waals surface area contributed by atoms with E-state index in [1.54, 1.807) is 18.2 Å². The molecule has 122 valence electrons. The third kappa shape index (κ3) is 3.80. The highest BCUT2D eigenvalue weighted by atomic mass is 35.5. The van der Waals surface area contributed by atoms with Gasteiger partial charge in [-0.05, 0) is 49.9 Å². The van der Waals surface area contributed by atoms with Crippen molar-refractivity contribution in [1.82, 2.24) is 4.31 Å². The molecule has 7 heteroatoms. The molecule has 1 amide bonds. The van der Waals surface area contributed by atoms with Crippen LogP contribution in [0.5, 0.6) is 0 Å². The molecule has 1 heterocycles. The largest absolute Gasteiger partial charge is 0.324 e. The number of hydrogen-bond acceptors (Lipinski definition) is 3. The number of rotatable bonds is 5. The van der Waals surface area contributed by atoms with Crippen molar-refractivity contribution in [1.29, 1.82) is 0 Å². The Morgan fingerprint density at radius 3 is 2.82 bits per heavy atom. The van der Waals surface area contributed by atoms with E-state index in [1.807, 2.05) is 13.8 Å². The lowest BCUT2D eigenvalue weighted by atomic mass is 10.1. The van der Waals surface area contributed by atoms with Crippen molar-refractivity contribution in [2.75, 3.05) is 17.6 Å². The Morgan fingerprint density at radius 1 is 1.45 bits per heavy atom. The van der Waals surface area contributed by atoms with Gasteiger partial charge >= 0.3 is 0 Å². The molecule has 1 aliphatic heterocycles. The molecule has 1 fully saturated rings. The predicted octanol–water partition coefficient (Wildman–Crippen LogP) is 2.79. The SMILES string of the molecule is CCCS(=O)(=O)N1CCCC1C(=O)Nc1ccc(Cl)cc1C. The fourth-order valence-electron chi connectivity index (χ4n) is 2.69. The van der Waals surface area contributed by atoms with Crippen molar-refractivity contribution >= 4 is 33.2 Å². The van der Waals surface area contributed by atoms with Crippen LogP contribution in [0.25, 0.3) is 0 Å². The topological polar surface area (TPSA) is 66.5 Å². The van der Waals surface area contributed by atoms with Crippen LogP contribution in [0.4, 0.5) is 5.69 Å². The normalized spacial score (nSPS) is 19.3. The van der Waals surface area contributed by atoms with Crippen LogP contribution in [0.1, 0.15) is 31.7 Å². The minimum Gasteiger partial charge on any atom is -0.324 e. The van der Waals surface area contributed by atoms with Gasteiger partial charge in [0.2, 0.25) is 15.9 Å². The van der Waals surface area contributed by atoms with Crippen LogP contribution in [0.3, 0.4) is 0 Å². The first-order valence-electron chi connectivity index (χ1n) is 7.41. The van der Waals surface area contributed by atoms with Crippen molar-refractivity contribution in [2.24, 2.45) is 0 Å². The number of hydrogen-bond donors (Lipinski definition) is 1. The Hall–Kier alpha value is -1.11. The van der Waals surface area contributed by atoms with E-state index in [1.165, 1.54) is 4.31 Å². The molecule has 1 aromatic carbocycles. The second kappa shape index (κ2) is 6.98. The smallest absolute Gasteiger partial charge is 0.242 e. The highest BCUT2D eigenvalue weighted by molar-refractivity contribution is 7.89. The van der Waals surface area contributed by atoms with Crippen molar-refractivity contribution in [3.63, 3.8) is 0 Å². The number of benzene rings is 1. The van der Waals surface area contributed by atoms with Gasteiger partial charge in [0, 0.05) is 17.3 Å². The van der Waals surface area contributed by atoms with Crippen molar-refractivity contribution in [3.8, 4) is 0 Å². The summed E-state index contributed by atoms with van der Waals surface area (Å²) in [6, 6.07) is 4.57. The first kappa shape index (κ1) is 17.2. The highest BCUT2D eigenvalue weighted by Gasteiger charge is 2.38. The maximum atomic E-state index is 12.5. The van der Waals surface area contributed by atoms with E-state index >= 15 is 0 Å². The van der Waals surface area contributed by atoms with Gasteiger partial charge in [-0.25, -0.2) is 8.42 Å². The molecule has 0 bridgehead atoms. The quantitative estimate of drug-likeness (QED) is 0.893. The van der Waals surface area contributed by atoms with E-state index in [2.05, 4.69) is 5.32 Å². The van der Waals surface area contributed by atoms with Gasteiger partial charge in [-0.3, -0.25) is 4.79 Å². The molecule has 5 nitrogen and oxygen atoms in total. The van der Waals surface area contributed by atoms with E-state index in [4.69, 9.17) is 11.6 Å². The molecule has 0 aromatic heterocycles. The van der Waals surface area contributed by atoms with Crippen molar-refractivity contribution in [2.45, 2.75) is 39.2 Å². The molecular formula is C15H21ClN2O3S. The average Bonchev–Trinajstić information content (AvgIpc) is 2.92. The minimum atomic E-state index is -3.36. The zero-order valence-corrected chi connectivity index (χ0v) is 14.4. The van der Waals surface area contributed by atoms with Gasteiger partial charge in [0.05, 0.1) is 5.75 Å². The maximum absolute atomic E-state index is 12.5. The Bertz CT molecular complexity index is 661. The summed E-state index contributed by atoms with van der Waals surface area (Å²) in [5.41, 5.74) is 1.51. The van der Waals surface area contributed by atoms with E-state index in [0.717, 1.165) is 5.56 Å². The molecule has 1 saturated heterocycles. The second-order valence-corrected chi connectivity index (χ2v) is 8.01. The Labute approximate surface area is 136 Å². The zero-order valence-electron chi connectivity index (χ0n) is 12.8. The van der Waals surface area contributed by atoms with Crippen LogP contribution >= 0.6 is 11.6 Å². The molecule has 1 aliphatic rings. The van der Waals surface area contributed by atoms with Crippen LogP contribution in [0.2, 0.25) is 5.02 Å². The minimum absolute atomic E-state index is 0.0801. The third-order valence-corrected chi connectivity index (χ3v) is 6.08. The van der Waals surface area contributed by atoms with Crippen LogP contribution in [0, 0.1) is 6.92 Å². The number of nitrogens with one attached hydrogen (secondary N) is 1. The number of aryl methyl sites for hydroxylation is 1. The van der Waals surface area contributed by atoms with Crippen LogP contribution < -0.4 is 5.32 Å². The summed E-state index contributed by atoms with van der Waals surface area (Å²) in [4.78, 5) is 12.5. The monoisotopic (exact) mass is 344 g/mol. The van der Waals surface area contributed by atoms with Gasteiger partial charge in [0.1, 0.15) is 6.04 Å². The Balaban J connectivity index is 2.14. The molecule has 1 unspecified atom stereocenters. The summed E-state index contributed by atoms with van der Waals surface area (Å²) in [6.45, 7) is 4.08. The summed E-state index contributed by atoms with van der Waals surface area (Å²) >= 11 is 5.90. The fourth-order valence-corrected chi connectivity index (χ4v) is 4.67. The molecule has 0 radical (unpaired) electrons. The molecular weight excluding hydrogens is 324 g/mol. The van der Waals surface area contributed by atoms with E-state index in [0.29, 0.717) is 36.5 Å². The number of nitrogens with zero attached hydrogens (tertiary/aromatic N) is 1. The van der Waals surface area contributed by atoms with E-state index < -0.39 is 16.1 Å². The molecule has 1 atom stereocenters. The lowest BCUT2D eigenvalue weighted by molar-refractivity contribution is -0.119. The van der Waals surface area contributed by atoms with Crippen molar-refractivity contribution in [3.05, 3.63) is 28.8 Å². The number of sulfonamides is 1. The predicted molar refractivity (Wildman–Crippen MR) is 88.6 cm³/mol. The Kier molecular flexibility index (Phi) is 5.47. The Morgan fingerprint density at radius 2 is 2.18 bits per heavy atom. The summed E-state index contributed by atoms with van der Waals surface area (Å²) in [5, 5.41) is 3.42. The van der Waals surface area contributed by atoms with Gasteiger partial charge in [0.25, 0.3) is 0 Å². The molecule has 1 N–H and O–H groups in total. The first-order chi connectivity index (χ1) is 10.3. The summed E-state index contributed by atoms with van der Waals surface area (Å²) in [6.07, 6.45) is 1.81. The first-order valence-corrected chi connectivity index (χ1v) is 9.40. The second-order valence-electron chi connectivity index (χ2n) is 5.53.